The molecular formula is C15H20N4O2. The summed E-state index contributed by atoms with van der Waals surface area (Å²) in [6, 6.07) is 3.96. The molecule has 1 amide bonds. The third-order valence-corrected chi connectivity index (χ3v) is 3.77. The van der Waals surface area contributed by atoms with Gasteiger partial charge in [0.15, 0.2) is 5.69 Å². The van der Waals surface area contributed by atoms with Gasteiger partial charge in [-0.05, 0) is 30.9 Å². The number of nitrogen functional groups attached to an aromatic ring is 1. The zero-order valence-corrected chi connectivity index (χ0v) is 12.3. The number of amides is 1. The summed E-state index contributed by atoms with van der Waals surface area (Å²) in [5.74, 6) is 0.849. The fraction of sp³-hybridized carbons (Fsp3) is 0.467. The predicted octanol–water partition coefficient (Wildman–Crippen LogP) is 2.51. The molecule has 1 fully saturated rings. The second-order valence-electron chi connectivity index (χ2n) is 5.80. The van der Waals surface area contributed by atoms with E-state index in [-0.39, 0.29) is 17.9 Å². The second-order valence-corrected chi connectivity index (χ2v) is 5.80. The van der Waals surface area contributed by atoms with E-state index in [1.165, 1.54) is 0 Å². The van der Waals surface area contributed by atoms with E-state index in [2.05, 4.69) is 10.2 Å². The molecule has 2 heterocycles. The number of rotatable bonds is 5. The molecule has 0 atom stereocenters. The molecule has 1 aliphatic rings. The van der Waals surface area contributed by atoms with Gasteiger partial charge in [-0.2, -0.15) is 5.10 Å². The van der Waals surface area contributed by atoms with Gasteiger partial charge in [-0.15, -0.1) is 0 Å². The molecule has 112 valence electrons. The summed E-state index contributed by atoms with van der Waals surface area (Å²) in [7, 11) is 0. The summed E-state index contributed by atoms with van der Waals surface area (Å²) < 4.78 is 5.35. The lowest BCUT2D eigenvalue weighted by Crippen LogP contribution is -2.33. The monoisotopic (exact) mass is 288 g/mol. The summed E-state index contributed by atoms with van der Waals surface area (Å²) in [5.41, 5.74) is 7.66. The van der Waals surface area contributed by atoms with E-state index < -0.39 is 0 Å². The summed E-state index contributed by atoms with van der Waals surface area (Å²) in [4.78, 5) is 14.5. The van der Waals surface area contributed by atoms with Crippen molar-refractivity contribution in [3.63, 3.8) is 0 Å². The van der Waals surface area contributed by atoms with Gasteiger partial charge < -0.3 is 15.1 Å². The van der Waals surface area contributed by atoms with Crippen LogP contribution < -0.4 is 5.73 Å². The van der Waals surface area contributed by atoms with E-state index >= 15 is 0 Å². The van der Waals surface area contributed by atoms with E-state index in [9.17, 15) is 4.79 Å². The zero-order valence-electron chi connectivity index (χ0n) is 12.3. The van der Waals surface area contributed by atoms with Gasteiger partial charge in [0.2, 0.25) is 0 Å². The number of carbonyl (C=O) groups excluding carboxylic acids is 1. The van der Waals surface area contributed by atoms with Crippen LogP contribution in [0, 0.1) is 0 Å². The van der Waals surface area contributed by atoms with Gasteiger partial charge in [-0.3, -0.25) is 9.89 Å². The molecule has 0 unspecified atom stereocenters. The molecule has 0 radical (unpaired) electrons. The van der Waals surface area contributed by atoms with Crippen LogP contribution in [0.3, 0.4) is 0 Å². The molecule has 0 spiro atoms. The van der Waals surface area contributed by atoms with Crippen LogP contribution in [-0.2, 0) is 6.54 Å². The van der Waals surface area contributed by atoms with Crippen molar-refractivity contribution in [2.75, 3.05) is 5.73 Å². The van der Waals surface area contributed by atoms with E-state index in [1.54, 1.807) is 11.2 Å². The lowest BCUT2D eigenvalue weighted by Gasteiger charge is -2.20. The van der Waals surface area contributed by atoms with Gasteiger partial charge in [-0.1, -0.05) is 13.8 Å². The highest BCUT2D eigenvalue weighted by Gasteiger charge is 2.35. The maximum atomic E-state index is 12.7. The Balaban J connectivity index is 1.84. The fourth-order valence-corrected chi connectivity index (χ4v) is 2.43. The first-order chi connectivity index (χ1) is 10.1. The van der Waals surface area contributed by atoms with Crippen LogP contribution in [0.5, 0.6) is 0 Å². The maximum Gasteiger partial charge on any atom is 0.277 e. The topological polar surface area (TPSA) is 88.2 Å². The van der Waals surface area contributed by atoms with Crippen molar-refractivity contribution in [2.45, 2.75) is 45.2 Å². The molecule has 6 heteroatoms. The van der Waals surface area contributed by atoms with Gasteiger partial charge in [0.25, 0.3) is 5.91 Å². The first-order valence-electron chi connectivity index (χ1n) is 7.25. The van der Waals surface area contributed by atoms with E-state index in [1.807, 2.05) is 26.0 Å². The lowest BCUT2D eigenvalue weighted by atomic mass is 10.1. The lowest BCUT2D eigenvalue weighted by molar-refractivity contribution is 0.0712. The average Bonchev–Trinajstić information content (AvgIpc) is 3.01. The molecule has 0 aromatic carbocycles. The van der Waals surface area contributed by atoms with Crippen molar-refractivity contribution >= 4 is 11.6 Å². The third-order valence-electron chi connectivity index (χ3n) is 3.77. The van der Waals surface area contributed by atoms with Gasteiger partial charge in [0, 0.05) is 6.04 Å². The number of aromatic nitrogens is 2. The third kappa shape index (κ3) is 2.66. The highest BCUT2D eigenvalue weighted by molar-refractivity contribution is 5.98. The van der Waals surface area contributed by atoms with Crippen LogP contribution in [-0.4, -0.2) is 27.0 Å². The Hall–Kier alpha value is -2.24. The number of carbonyl (C=O) groups is 1. The van der Waals surface area contributed by atoms with Crippen molar-refractivity contribution in [1.29, 1.82) is 0 Å². The number of aromatic amines is 1. The van der Waals surface area contributed by atoms with E-state index in [4.69, 9.17) is 10.2 Å². The summed E-state index contributed by atoms with van der Waals surface area (Å²) in [6.45, 7) is 4.49. The largest absolute Gasteiger partial charge is 0.467 e. The molecule has 0 bridgehead atoms. The quantitative estimate of drug-likeness (QED) is 0.884. The number of furan rings is 1. The number of H-pyrrole nitrogens is 1. The maximum absolute atomic E-state index is 12.7. The molecule has 3 N–H and O–H groups in total. The standard InChI is InChI=1S/C15H20N4O2/c1-9(2)13-12(16)14(18-17-13)15(20)19(10-5-6-10)8-11-4-3-7-21-11/h3-4,7,9-10H,5-6,8,16H2,1-2H3,(H,17,18). The molecule has 3 rings (SSSR count). The van der Waals surface area contributed by atoms with Crippen molar-refractivity contribution in [2.24, 2.45) is 0 Å². The summed E-state index contributed by atoms with van der Waals surface area (Å²) in [6.07, 6.45) is 3.66. The molecule has 6 nitrogen and oxygen atoms in total. The molecule has 0 aliphatic heterocycles. The van der Waals surface area contributed by atoms with Crippen LogP contribution in [0.2, 0.25) is 0 Å². The van der Waals surface area contributed by atoms with Gasteiger partial charge in [0.1, 0.15) is 5.76 Å². The highest BCUT2D eigenvalue weighted by atomic mass is 16.3. The number of nitrogens with zero attached hydrogens (tertiary/aromatic N) is 2. The minimum atomic E-state index is -0.130. The van der Waals surface area contributed by atoms with Crippen molar-refractivity contribution in [1.82, 2.24) is 15.1 Å². The van der Waals surface area contributed by atoms with Crippen LogP contribution in [0.25, 0.3) is 0 Å². The molecule has 2 aromatic rings. The molecule has 2 aromatic heterocycles. The molecule has 1 aliphatic carbocycles. The van der Waals surface area contributed by atoms with Crippen molar-refractivity contribution < 1.29 is 9.21 Å². The summed E-state index contributed by atoms with van der Waals surface area (Å²) >= 11 is 0. The Bertz CT molecular complexity index is 626. The Morgan fingerprint density at radius 1 is 1.57 bits per heavy atom. The minimum Gasteiger partial charge on any atom is -0.467 e. The molecule has 1 saturated carbocycles. The zero-order chi connectivity index (χ0) is 15.0. The molecule has 0 saturated heterocycles. The van der Waals surface area contributed by atoms with Crippen molar-refractivity contribution in [3.8, 4) is 0 Å². The number of anilines is 1. The second kappa shape index (κ2) is 5.27. The van der Waals surface area contributed by atoms with Crippen LogP contribution in [0.4, 0.5) is 5.69 Å². The Kier molecular flexibility index (Phi) is 3.45. The van der Waals surface area contributed by atoms with Crippen LogP contribution in [0.15, 0.2) is 22.8 Å². The van der Waals surface area contributed by atoms with Crippen LogP contribution in [0.1, 0.15) is 54.5 Å². The Morgan fingerprint density at radius 3 is 2.86 bits per heavy atom. The minimum absolute atomic E-state index is 0.130. The first kappa shape index (κ1) is 13.7. The highest BCUT2D eigenvalue weighted by Crippen LogP contribution is 2.31. The molecule has 21 heavy (non-hydrogen) atoms. The van der Waals surface area contributed by atoms with Crippen molar-refractivity contribution in [3.05, 3.63) is 35.5 Å². The average molecular weight is 288 g/mol. The number of hydrogen-bond donors (Lipinski definition) is 2. The van der Waals surface area contributed by atoms with Gasteiger partial charge >= 0.3 is 0 Å². The number of nitrogens with one attached hydrogen (secondary N) is 1. The predicted molar refractivity (Wildman–Crippen MR) is 78.7 cm³/mol. The van der Waals surface area contributed by atoms with E-state index in [0.29, 0.717) is 17.9 Å². The van der Waals surface area contributed by atoms with Gasteiger partial charge in [0.05, 0.1) is 24.2 Å². The normalized spacial score (nSPS) is 14.6. The smallest absolute Gasteiger partial charge is 0.277 e. The SMILES string of the molecule is CC(C)c1[nH]nc(C(=O)N(Cc2ccco2)C2CC2)c1N. The fourth-order valence-electron chi connectivity index (χ4n) is 2.43. The van der Waals surface area contributed by atoms with E-state index in [0.717, 1.165) is 24.3 Å². The first-order valence-corrected chi connectivity index (χ1v) is 7.25. The van der Waals surface area contributed by atoms with Gasteiger partial charge in [-0.25, -0.2) is 0 Å². The van der Waals surface area contributed by atoms with Crippen LogP contribution >= 0.6 is 0 Å². The number of nitrogens with two attached hydrogens (primary N) is 1. The molecular weight excluding hydrogens is 268 g/mol. The number of hydrogen-bond acceptors (Lipinski definition) is 4. The Morgan fingerprint density at radius 2 is 2.33 bits per heavy atom. The Labute approximate surface area is 123 Å². The summed E-state index contributed by atoms with van der Waals surface area (Å²) in [5, 5.41) is 7.01.